The lowest BCUT2D eigenvalue weighted by Gasteiger charge is -2.31. The molecule has 0 fully saturated rings. The Hall–Kier alpha value is -4.13. The Morgan fingerprint density at radius 2 is 1.87 bits per heavy atom. The van der Waals surface area contributed by atoms with Crippen LogP contribution in [0.4, 0.5) is 17.1 Å². The van der Waals surface area contributed by atoms with E-state index in [0.29, 0.717) is 29.2 Å². The molecule has 3 aliphatic heterocycles. The molecule has 150 valence electrons. The van der Waals surface area contributed by atoms with Gasteiger partial charge in [-0.25, -0.2) is 4.79 Å². The Labute approximate surface area is 175 Å². The maximum atomic E-state index is 13.3. The van der Waals surface area contributed by atoms with Gasteiger partial charge in [0.2, 0.25) is 6.79 Å². The highest BCUT2D eigenvalue weighted by atomic mass is 16.7. The fourth-order valence-corrected chi connectivity index (χ4v) is 4.80. The molecule has 0 radical (unpaired) electrons. The second kappa shape index (κ2) is 5.95. The smallest absolute Gasteiger partial charge is 0.342 e. The average molecular weight is 409 g/mol. The van der Waals surface area contributed by atoms with E-state index in [9.17, 15) is 4.79 Å². The Balaban J connectivity index is 1.57. The highest BCUT2D eigenvalue weighted by Gasteiger charge is 2.36. The van der Waals surface area contributed by atoms with Crippen LogP contribution in [0.3, 0.4) is 0 Å². The molecule has 0 aliphatic carbocycles. The number of para-hydroxylation sites is 1. The number of hydrogen-bond acceptors (Lipinski definition) is 7. The molecule has 0 saturated carbocycles. The van der Waals surface area contributed by atoms with E-state index >= 15 is 0 Å². The maximum Gasteiger partial charge on any atom is 0.342 e. The van der Waals surface area contributed by atoms with Gasteiger partial charge in [0.05, 0.1) is 23.5 Å². The fourth-order valence-electron chi connectivity index (χ4n) is 4.80. The molecule has 31 heavy (non-hydrogen) atoms. The summed E-state index contributed by atoms with van der Waals surface area (Å²) in [6, 6.07) is 17.4. The van der Waals surface area contributed by atoms with Crippen LogP contribution < -0.4 is 20.4 Å². The molecule has 0 spiro atoms. The summed E-state index contributed by atoms with van der Waals surface area (Å²) in [4.78, 5) is 13.3. The molecule has 0 bridgehead atoms. The van der Waals surface area contributed by atoms with Crippen molar-refractivity contribution in [1.29, 1.82) is 0 Å². The molecule has 1 N–H and O–H groups in total. The highest BCUT2D eigenvalue weighted by Crippen LogP contribution is 2.51. The summed E-state index contributed by atoms with van der Waals surface area (Å²) in [5, 5.41) is 12.9. The average Bonchev–Trinajstić information content (AvgIpc) is 3.46. The summed E-state index contributed by atoms with van der Waals surface area (Å²) in [6.07, 6.45) is 0. The van der Waals surface area contributed by atoms with Crippen molar-refractivity contribution >= 4 is 28.0 Å². The molecular weight excluding hydrogens is 394 g/mol. The molecule has 3 aromatic carbocycles. The van der Waals surface area contributed by atoms with Gasteiger partial charge in [-0.3, -0.25) is 0 Å². The number of benzene rings is 3. The maximum absolute atomic E-state index is 13.3. The molecule has 7 nitrogen and oxygen atoms in total. The van der Waals surface area contributed by atoms with Crippen molar-refractivity contribution in [3.8, 4) is 11.5 Å². The van der Waals surface area contributed by atoms with Crippen molar-refractivity contribution < 1.29 is 13.9 Å². The lowest BCUT2D eigenvalue weighted by molar-refractivity contribution is 0.174. The number of fused-ring (bicyclic) bond motifs is 7. The Morgan fingerprint density at radius 1 is 0.968 bits per heavy atom. The molecule has 4 heterocycles. The number of rotatable bonds is 1. The van der Waals surface area contributed by atoms with Gasteiger partial charge in [-0.05, 0) is 47.5 Å². The molecular formula is C24H15N3O4. The number of nitrogens with zero attached hydrogens (tertiary/aromatic N) is 2. The van der Waals surface area contributed by atoms with Crippen molar-refractivity contribution in [2.75, 3.05) is 12.1 Å². The quantitative estimate of drug-likeness (QED) is 0.377. The van der Waals surface area contributed by atoms with Gasteiger partial charge in [0.25, 0.3) is 0 Å². The highest BCUT2D eigenvalue weighted by molar-refractivity contribution is 5.96. The van der Waals surface area contributed by atoms with E-state index in [1.165, 1.54) is 0 Å². The van der Waals surface area contributed by atoms with Crippen LogP contribution >= 0.6 is 0 Å². The summed E-state index contributed by atoms with van der Waals surface area (Å²) in [7, 11) is 0. The predicted octanol–water partition coefficient (Wildman–Crippen LogP) is 5.36. The third-order valence-electron chi connectivity index (χ3n) is 6.15. The topological polar surface area (TPSA) is 85.4 Å². The van der Waals surface area contributed by atoms with Crippen molar-refractivity contribution in [2.45, 2.75) is 12.5 Å². The zero-order valence-corrected chi connectivity index (χ0v) is 16.2. The van der Waals surface area contributed by atoms with Crippen LogP contribution in [0.15, 0.2) is 74.0 Å². The molecule has 7 heteroatoms. The summed E-state index contributed by atoms with van der Waals surface area (Å²) in [5.74, 6) is 1.03. The molecule has 0 saturated heterocycles. The summed E-state index contributed by atoms with van der Waals surface area (Å²) < 4.78 is 16.9. The third-order valence-corrected chi connectivity index (χ3v) is 6.15. The van der Waals surface area contributed by atoms with E-state index in [1.54, 1.807) is 0 Å². The Bertz CT molecular complexity index is 1510. The minimum absolute atomic E-state index is 0.193. The third kappa shape index (κ3) is 2.25. The monoisotopic (exact) mass is 409 g/mol. The van der Waals surface area contributed by atoms with Crippen LogP contribution in [-0.2, 0) is 6.54 Å². The van der Waals surface area contributed by atoms with E-state index in [1.807, 2.05) is 54.6 Å². The van der Waals surface area contributed by atoms with Crippen molar-refractivity contribution in [3.63, 3.8) is 0 Å². The lowest BCUT2D eigenvalue weighted by atomic mass is 9.78. The molecule has 3 aliphatic rings. The van der Waals surface area contributed by atoms with Gasteiger partial charge in [0.1, 0.15) is 5.58 Å². The van der Waals surface area contributed by atoms with Crippen molar-refractivity contribution in [1.82, 2.24) is 0 Å². The van der Waals surface area contributed by atoms with E-state index in [2.05, 4.69) is 15.5 Å². The molecule has 4 aromatic rings. The van der Waals surface area contributed by atoms with Crippen LogP contribution in [0.25, 0.3) is 11.0 Å². The first kappa shape index (κ1) is 16.6. The predicted molar refractivity (Wildman–Crippen MR) is 114 cm³/mol. The minimum atomic E-state index is -0.362. The Kier molecular flexibility index (Phi) is 3.19. The molecule has 0 amide bonds. The van der Waals surface area contributed by atoms with E-state index in [0.717, 1.165) is 39.1 Å². The summed E-state index contributed by atoms with van der Waals surface area (Å²) in [5.41, 5.74) is 6.26. The van der Waals surface area contributed by atoms with Gasteiger partial charge in [-0.2, -0.15) is 10.2 Å². The zero-order valence-electron chi connectivity index (χ0n) is 16.2. The second-order valence-electron chi connectivity index (χ2n) is 7.77. The number of nitrogens with one attached hydrogen (secondary N) is 1. The van der Waals surface area contributed by atoms with Crippen LogP contribution in [-0.4, -0.2) is 6.79 Å². The first-order valence-corrected chi connectivity index (χ1v) is 10.0. The molecule has 1 aromatic heterocycles. The minimum Gasteiger partial charge on any atom is -0.454 e. The molecule has 1 unspecified atom stereocenters. The van der Waals surface area contributed by atoms with Crippen LogP contribution in [0.2, 0.25) is 0 Å². The fraction of sp³-hybridized carbons (Fsp3) is 0.125. The van der Waals surface area contributed by atoms with Gasteiger partial charge >= 0.3 is 5.63 Å². The zero-order chi connectivity index (χ0) is 20.5. The molecule has 7 rings (SSSR count). The van der Waals surface area contributed by atoms with Crippen molar-refractivity contribution in [2.24, 2.45) is 10.2 Å². The summed E-state index contributed by atoms with van der Waals surface area (Å²) >= 11 is 0. The molecule has 1 atom stereocenters. The lowest BCUT2D eigenvalue weighted by Crippen LogP contribution is -2.23. The normalized spacial score (nSPS) is 17.2. The SMILES string of the molecule is O=c1oc2ccccc2c2c1C(c1ccc3c(c1)OCO3)c1c(ccc3c1CN=N3)N2. The van der Waals surface area contributed by atoms with Gasteiger partial charge < -0.3 is 19.2 Å². The van der Waals surface area contributed by atoms with Crippen LogP contribution in [0.1, 0.15) is 28.2 Å². The summed E-state index contributed by atoms with van der Waals surface area (Å²) in [6.45, 7) is 0.674. The van der Waals surface area contributed by atoms with Crippen LogP contribution in [0, 0.1) is 0 Å². The van der Waals surface area contributed by atoms with E-state index in [-0.39, 0.29) is 18.3 Å². The number of ether oxygens (including phenoxy) is 2. The van der Waals surface area contributed by atoms with Gasteiger partial charge in [0.15, 0.2) is 11.5 Å². The second-order valence-corrected chi connectivity index (χ2v) is 7.77. The number of anilines is 2. The number of hydrogen-bond donors (Lipinski definition) is 1. The van der Waals surface area contributed by atoms with Crippen molar-refractivity contribution in [3.05, 3.63) is 87.3 Å². The van der Waals surface area contributed by atoms with E-state index < -0.39 is 0 Å². The van der Waals surface area contributed by atoms with E-state index in [4.69, 9.17) is 13.9 Å². The van der Waals surface area contributed by atoms with Gasteiger partial charge in [-0.15, -0.1) is 0 Å². The number of azo groups is 1. The first-order valence-electron chi connectivity index (χ1n) is 10.0. The van der Waals surface area contributed by atoms with Gasteiger partial charge in [0, 0.05) is 22.6 Å². The standard InChI is InChI=1S/C24H15N3O4/c28-24-22-20(12-5-8-18-19(9-12)30-11-29-18)21-14-10-25-27-15(14)6-7-16(21)26-23(22)13-3-1-2-4-17(13)31-24/h1-9,20,26H,10-11H2. The Morgan fingerprint density at radius 3 is 2.84 bits per heavy atom. The first-order chi connectivity index (χ1) is 15.3. The van der Waals surface area contributed by atoms with Crippen LogP contribution in [0.5, 0.6) is 11.5 Å². The largest absolute Gasteiger partial charge is 0.454 e. The van der Waals surface area contributed by atoms with Gasteiger partial charge in [-0.1, -0.05) is 18.2 Å².